The number of carboxylic acid groups (broad SMARTS) is 1. The Bertz CT molecular complexity index is 684. The quantitative estimate of drug-likeness (QED) is 0.817. The summed E-state index contributed by atoms with van der Waals surface area (Å²) in [7, 11) is 0. The fourth-order valence-corrected chi connectivity index (χ4v) is 4.33. The topological polar surface area (TPSA) is 69.6 Å². The normalized spacial score (nSPS) is 27.0. The molecule has 0 bridgehead atoms. The molecule has 1 saturated heterocycles. The largest absolute Gasteiger partial charge is 0.481 e. The highest BCUT2D eigenvalue weighted by Gasteiger charge is 2.55. The van der Waals surface area contributed by atoms with Crippen LogP contribution in [0.2, 0.25) is 0 Å². The molecule has 1 aromatic carbocycles. The number of hydrogen-bond acceptors (Lipinski definition) is 2. The Morgan fingerprint density at radius 1 is 1.50 bits per heavy atom. The van der Waals surface area contributed by atoms with E-state index < -0.39 is 23.2 Å². The Kier molecular flexibility index (Phi) is 4.55. The van der Waals surface area contributed by atoms with Crippen LogP contribution in [0.3, 0.4) is 0 Å². The van der Waals surface area contributed by atoms with Gasteiger partial charge in [0.25, 0.3) is 0 Å². The Hall–Kier alpha value is -1.63. The molecule has 3 rings (SSSR count). The van der Waals surface area contributed by atoms with Gasteiger partial charge in [0.2, 0.25) is 0 Å². The van der Waals surface area contributed by atoms with Crippen LogP contribution in [0.5, 0.6) is 0 Å². The van der Waals surface area contributed by atoms with Gasteiger partial charge >= 0.3 is 12.0 Å². The summed E-state index contributed by atoms with van der Waals surface area (Å²) in [6.07, 6.45) is 2.35. The molecule has 1 aromatic rings. The Balaban J connectivity index is 1.69. The standard InChI is InChI=1S/C17H20BrFN2O3/c1-10(13-5-4-12(18)7-14(13)19)20-16(24)21-8-11-3-2-6-17(11,9-21)15(22)23/h4-5,7,10-11H,2-3,6,8-9H2,1H3,(H,20,24)(H,22,23)/t10-,11-,17+/m0/s1. The molecule has 0 spiro atoms. The summed E-state index contributed by atoms with van der Waals surface area (Å²) in [6, 6.07) is 3.88. The lowest BCUT2D eigenvalue weighted by atomic mass is 9.81. The lowest BCUT2D eigenvalue weighted by molar-refractivity contribution is -0.149. The molecule has 0 radical (unpaired) electrons. The zero-order valence-electron chi connectivity index (χ0n) is 13.4. The van der Waals surface area contributed by atoms with Crippen LogP contribution in [-0.4, -0.2) is 35.1 Å². The number of carbonyl (C=O) groups is 2. The number of amides is 2. The van der Waals surface area contributed by atoms with Crippen LogP contribution in [0, 0.1) is 17.2 Å². The Morgan fingerprint density at radius 2 is 2.25 bits per heavy atom. The van der Waals surface area contributed by atoms with Crippen molar-refractivity contribution in [3.8, 4) is 0 Å². The van der Waals surface area contributed by atoms with Crippen LogP contribution in [0.1, 0.15) is 37.8 Å². The predicted octanol–water partition coefficient (Wildman–Crippen LogP) is 3.55. The zero-order valence-corrected chi connectivity index (χ0v) is 15.0. The molecule has 1 saturated carbocycles. The molecule has 0 unspecified atom stereocenters. The van der Waals surface area contributed by atoms with Crippen LogP contribution in [0.15, 0.2) is 22.7 Å². The molecule has 2 N–H and O–H groups in total. The number of nitrogens with one attached hydrogen (secondary N) is 1. The molecule has 5 nitrogen and oxygen atoms in total. The summed E-state index contributed by atoms with van der Waals surface area (Å²) in [6.45, 7) is 2.40. The van der Waals surface area contributed by atoms with Crippen molar-refractivity contribution in [2.75, 3.05) is 13.1 Å². The van der Waals surface area contributed by atoms with Gasteiger partial charge in [0.05, 0.1) is 11.5 Å². The molecule has 1 aliphatic heterocycles. The first-order valence-corrected chi connectivity index (χ1v) is 8.86. The summed E-state index contributed by atoms with van der Waals surface area (Å²) in [5.41, 5.74) is -0.400. The van der Waals surface area contributed by atoms with Crippen molar-refractivity contribution >= 4 is 27.9 Å². The minimum absolute atomic E-state index is 0.0143. The Morgan fingerprint density at radius 3 is 2.88 bits per heavy atom. The fraction of sp³-hybridized carbons (Fsp3) is 0.529. The zero-order chi connectivity index (χ0) is 17.5. The number of benzene rings is 1. The molecule has 2 fully saturated rings. The number of carboxylic acids is 1. The lowest BCUT2D eigenvalue weighted by Crippen LogP contribution is -2.42. The number of rotatable bonds is 3. The van der Waals surface area contributed by atoms with Gasteiger partial charge in [0, 0.05) is 23.1 Å². The molecule has 1 heterocycles. The van der Waals surface area contributed by atoms with Crippen molar-refractivity contribution in [2.24, 2.45) is 11.3 Å². The third-order valence-corrected chi connectivity index (χ3v) is 5.85. The van der Waals surface area contributed by atoms with Crippen LogP contribution in [-0.2, 0) is 4.79 Å². The van der Waals surface area contributed by atoms with E-state index in [2.05, 4.69) is 21.2 Å². The van der Waals surface area contributed by atoms with Gasteiger partial charge < -0.3 is 15.3 Å². The summed E-state index contributed by atoms with van der Waals surface area (Å²) < 4.78 is 14.6. The second-order valence-corrected chi connectivity index (χ2v) is 7.68. The second kappa shape index (κ2) is 6.35. The number of carbonyl (C=O) groups excluding carboxylic acids is 1. The molecule has 130 valence electrons. The number of aliphatic carboxylic acids is 1. The van der Waals surface area contributed by atoms with Crippen molar-refractivity contribution in [3.05, 3.63) is 34.1 Å². The molecule has 24 heavy (non-hydrogen) atoms. The highest BCUT2D eigenvalue weighted by atomic mass is 79.9. The number of nitrogens with zero attached hydrogens (tertiary/aromatic N) is 1. The highest BCUT2D eigenvalue weighted by Crippen LogP contribution is 2.48. The molecular weight excluding hydrogens is 379 g/mol. The van der Waals surface area contributed by atoms with Crippen LogP contribution in [0.4, 0.5) is 9.18 Å². The van der Waals surface area contributed by atoms with Gasteiger partial charge in [-0.05, 0) is 37.8 Å². The minimum Gasteiger partial charge on any atom is -0.481 e. The van der Waals surface area contributed by atoms with Crippen LogP contribution < -0.4 is 5.32 Å². The van der Waals surface area contributed by atoms with E-state index in [1.807, 2.05) is 0 Å². The van der Waals surface area contributed by atoms with Gasteiger partial charge in [0.1, 0.15) is 5.82 Å². The van der Waals surface area contributed by atoms with Crippen molar-refractivity contribution in [1.82, 2.24) is 10.2 Å². The maximum absolute atomic E-state index is 14.0. The highest BCUT2D eigenvalue weighted by molar-refractivity contribution is 9.10. The smallest absolute Gasteiger partial charge is 0.317 e. The first-order valence-electron chi connectivity index (χ1n) is 8.07. The number of fused-ring (bicyclic) bond motifs is 1. The maximum Gasteiger partial charge on any atom is 0.317 e. The van der Waals surface area contributed by atoms with E-state index >= 15 is 0 Å². The van der Waals surface area contributed by atoms with E-state index in [-0.39, 0.29) is 18.5 Å². The third-order valence-electron chi connectivity index (χ3n) is 5.35. The van der Waals surface area contributed by atoms with E-state index in [4.69, 9.17) is 0 Å². The molecule has 0 aromatic heterocycles. The number of halogens is 2. The van der Waals surface area contributed by atoms with Crippen molar-refractivity contribution in [1.29, 1.82) is 0 Å². The van der Waals surface area contributed by atoms with Gasteiger partial charge in [-0.25, -0.2) is 9.18 Å². The first-order chi connectivity index (χ1) is 11.3. The summed E-state index contributed by atoms with van der Waals surface area (Å²) in [5, 5.41) is 12.4. The maximum atomic E-state index is 14.0. The number of urea groups is 1. The van der Waals surface area contributed by atoms with Gasteiger partial charge in [-0.15, -0.1) is 0 Å². The van der Waals surface area contributed by atoms with Gasteiger partial charge in [-0.1, -0.05) is 28.4 Å². The van der Waals surface area contributed by atoms with E-state index in [0.717, 1.165) is 12.8 Å². The molecule has 2 aliphatic rings. The van der Waals surface area contributed by atoms with Crippen molar-refractivity contribution < 1.29 is 19.1 Å². The van der Waals surface area contributed by atoms with Gasteiger partial charge in [0.15, 0.2) is 0 Å². The Labute approximate surface area is 148 Å². The molecule has 2 amide bonds. The SMILES string of the molecule is C[C@H](NC(=O)N1C[C@@H]2CCC[C@@]2(C(=O)O)C1)c1ccc(Br)cc1F. The van der Waals surface area contributed by atoms with E-state index in [9.17, 15) is 19.1 Å². The predicted molar refractivity (Wildman–Crippen MR) is 90.0 cm³/mol. The second-order valence-electron chi connectivity index (χ2n) is 6.77. The lowest BCUT2D eigenvalue weighted by Gasteiger charge is -2.24. The minimum atomic E-state index is -0.813. The number of likely N-dealkylation sites (tertiary alicyclic amines) is 1. The monoisotopic (exact) mass is 398 g/mol. The fourth-order valence-electron chi connectivity index (χ4n) is 4.00. The van der Waals surface area contributed by atoms with E-state index in [1.54, 1.807) is 24.0 Å². The molecule has 1 aliphatic carbocycles. The summed E-state index contributed by atoms with van der Waals surface area (Å²) >= 11 is 3.21. The molecule has 7 heteroatoms. The van der Waals surface area contributed by atoms with Crippen LogP contribution >= 0.6 is 15.9 Å². The average molecular weight is 399 g/mol. The van der Waals surface area contributed by atoms with Gasteiger partial charge in [-0.3, -0.25) is 4.79 Å². The van der Waals surface area contributed by atoms with Gasteiger partial charge in [-0.2, -0.15) is 0 Å². The van der Waals surface area contributed by atoms with Crippen LogP contribution in [0.25, 0.3) is 0 Å². The molecule has 3 atom stereocenters. The van der Waals surface area contributed by atoms with E-state index in [0.29, 0.717) is 23.0 Å². The molecular formula is C17H20BrFN2O3. The van der Waals surface area contributed by atoms with E-state index in [1.165, 1.54) is 6.07 Å². The summed E-state index contributed by atoms with van der Waals surface area (Å²) in [5.74, 6) is -1.19. The first kappa shape index (κ1) is 17.2. The number of hydrogen-bond donors (Lipinski definition) is 2. The van der Waals surface area contributed by atoms with Crippen molar-refractivity contribution in [3.63, 3.8) is 0 Å². The average Bonchev–Trinajstić information content (AvgIpc) is 3.04. The third kappa shape index (κ3) is 2.90. The summed E-state index contributed by atoms with van der Waals surface area (Å²) in [4.78, 5) is 25.7. The van der Waals surface area contributed by atoms with Crippen molar-refractivity contribution in [2.45, 2.75) is 32.2 Å².